The van der Waals surface area contributed by atoms with Crippen molar-refractivity contribution < 1.29 is 22.7 Å². The van der Waals surface area contributed by atoms with Gasteiger partial charge in [0.25, 0.3) is 0 Å². The van der Waals surface area contributed by atoms with E-state index in [-0.39, 0.29) is 23.0 Å². The topological polar surface area (TPSA) is 92.8 Å². The van der Waals surface area contributed by atoms with Crippen molar-refractivity contribution in [1.82, 2.24) is 20.6 Å². The highest BCUT2D eigenvalue weighted by atomic mass is 35.5. The van der Waals surface area contributed by atoms with Gasteiger partial charge in [-0.25, -0.2) is 0 Å². The normalized spacial score (nSPS) is 14.4. The lowest BCUT2D eigenvalue weighted by atomic mass is 9.94. The molecule has 3 aromatic carbocycles. The monoisotopic (exact) mass is 513 g/mol. The molecule has 0 spiro atoms. The molecule has 1 heterocycles. The third-order valence-corrected chi connectivity index (χ3v) is 6.48. The van der Waals surface area contributed by atoms with Gasteiger partial charge in [-0.15, -0.1) is 10.2 Å². The number of rotatable bonds is 6. The number of tetrazole rings is 1. The fourth-order valence-electron chi connectivity index (χ4n) is 4.24. The van der Waals surface area contributed by atoms with Crippen molar-refractivity contribution >= 4 is 23.2 Å². The maximum atomic E-state index is 13.6. The number of halogens is 4. The van der Waals surface area contributed by atoms with Crippen molar-refractivity contribution in [3.63, 3.8) is 0 Å². The number of carbonyl (C=O) groups is 1. The van der Waals surface area contributed by atoms with Crippen LogP contribution in [0.4, 0.5) is 18.9 Å². The summed E-state index contributed by atoms with van der Waals surface area (Å²) in [5, 5.41) is 17.4. The summed E-state index contributed by atoms with van der Waals surface area (Å²) in [6.45, 7) is 0. The fourth-order valence-corrected chi connectivity index (χ4v) is 4.43. The van der Waals surface area contributed by atoms with E-state index >= 15 is 0 Å². The minimum Gasteiger partial charge on any atom is -0.496 e. The number of nitrogens with zero attached hydrogens (tertiary/aromatic N) is 3. The Morgan fingerprint density at radius 1 is 1.08 bits per heavy atom. The van der Waals surface area contributed by atoms with Gasteiger partial charge in [0.05, 0.1) is 18.1 Å². The molecule has 5 rings (SSSR count). The number of methoxy groups -OCH3 is 1. The number of hydrogen-bond donors (Lipinski definition) is 2. The Kier molecular flexibility index (Phi) is 5.91. The van der Waals surface area contributed by atoms with E-state index in [0.29, 0.717) is 34.7 Å². The first-order chi connectivity index (χ1) is 17.2. The lowest BCUT2D eigenvalue weighted by Crippen LogP contribution is -2.27. The predicted molar refractivity (Wildman–Crippen MR) is 128 cm³/mol. The second kappa shape index (κ2) is 8.94. The zero-order valence-electron chi connectivity index (χ0n) is 18.9. The van der Waals surface area contributed by atoms with Crippen molar-refractivity contribution in [1.29, 1.82) is 0 Å². The van der Waals surface area contributed by atoms with Gasteiger partial charge in [-0.3, -0.25) is 4.79 Å². The third-order valence-electron chi connectivity index (χ3n) is 6.24. The Bertz CT molecular complexity index is 1440. The lowest BCUT2D eigenvalue weighted by molar-refractivity contribution is -0.138. The number of nitrogens with one attached hydrogen (secondary N) is 2. The average molecular weight is 514 g/mol. The molecule has 0 aliphatic heterocycles. The maximum Gasteiger partial charge on any atom is 0.419 e. The molecule has 1 aliphatic rings. The predicted octanol–water partition coefficient (Wildman–Crippen LogP) is 5.88. The van der Waals surface area contributed by atoms with Crippen molar-refractivity contribution in [2.75, 3.05) is 12.4 Å². The molecule has 36 heavy (non-hydrogen) atoms. The molecular formula is C25H19ClF3N5O2. The minimum absolute atomic E-state index is 0.168. The largest absolute Gasteiger partial charge is 0.496 e. The van der Waals surface area contributed by atoms with E-state index in [1.807, 2.05) is 6.07 Å². The highest BCUT2D eigenvalue weighted by Crippen LogP contribution is 2.49. The molecule has 0 saturated heterocycles. The molecule has 184 valence electrons. The van der Waals surface area contributed by atoms with Crippen LogP contribution in [0.2, 0.25) is 5.02 Å². The van der Waals surface area contributed by atoms with Gasteiger partial charge in [0.1, 0.15) is 5.75 Å². The second-order valence-corrected chi connectivity index (χ2v) is 8.89. The van der Waals surface area contributed by atoms with Crippen LogP contribution in [0.1, 0.15) is 24.0 Å². The van der Waals surface area contributed by atoms with Crippen molar-refractivity contribution in [3.05, 3.63) is 76.8 Å². The van der Waals surface area contributed by atoms with E-state index in [2.05, 4.69) is 25.9 Å². The van der Waals surface area contributed by atoms with Gasteiger partial charge in [-0.2, -0.15) is 18.4 Å². The van der Waals surface area contributed by atoms with Gasteiger partial charge in [0.15, 0.2) is 0 Å². The number of anilines is 1. The Morgan fingerprint density at radius 3 is 2.53 bits per heavy atom. The summed E-state index contributed by atoms with van der Waals surface area (Å²) < 4.78 is 45.8. The highest BCUT2D eigenvalue weighted by molar-refractivity contribution is 6.30. The number of alkyl halides is 3. The highest BCUT2D eigenvalue weighted by Gasteiger charge is 2.51. The van der Waals surface area contributed by atoms with E-state index in [1.165, 1.54) is 19.2 Å². The molecule has 1 aliphatic carbocycles. The van der Waals surface area contributed by atoms with E-state index in [0.717, 1.165) is 11.6 Å². The standard InChI is InChI=1S/C25H19ClF3N5O2/c1-36-21-8-5-14(11-20(21)25(27,28)29)18-7-6-17(13-19(18)22-31-33-34-32-22)30-23(35)24(9-10-24)15-3-2-4-16(26)12-15/h2-8,11-13H,9-10H2,1H3,(H,30,35)(H,31,32,33,34). The Labute approximate surface area is 208 Å². The summed E-state index contributed by atoms with van der Waals surface area (Å²) in [7, 11) is 1.18. The maximum absolute atomic E-state index is 13.6. The molecule has 1 aromatic heterocycles. The molecule has 1 amide bonds. The summed E-state index contributed by atoms with van der Waals surface area (Å²) in [6, 6.07) is 15.8. The first-order valence-corrected chi connectivity index (χ1v) is 11.3. The summed E-state index contributed by atoms with van der Waals surface area (Å²) in [5.74, 6) is -0.311. The number of hydrogen-bond acceptors (Lipinski definition) is 5. The van der Waals surface area contributed by atoms with Crippen LogP contribution >= 0.6 is 11.6 Å². The van der Waals surface area contributed by atoms with Crippen LogP contribution in [0, 0.1) is 0 Å². The van der Waals surface area contributed by atoms with E-state index < -0.39 is 17.2 Å². The van der Waals surface area contributed by atoms with Crippen molar-refractivity contribution in [3.8, 4) is 28.3 Å². The number of ether oxygens (including phenoxy) is 1. The molecule has 11 heteroatoms. The van der Waals surface area contributed by atoms with Gasteiger partial charge >= 0.3 is 6.18 Å². The number of amides is 1. The quantitative estimate of drug-likeness (QED) is 0.335. The van der Waals surface area contributed by atoms with Gasteiger partial charge in [-0.1, -0.05) is 35.9 Å². The SMILES string of the molecule is COc1ccc(-c2ccc(NC(=O)C3(c4cccc(Cl)c4)CC3)cc2-c2nn[nH]n2)cc1C(F)(F)F. The van der Waals surface area contributed by atoms with Crippen LogP contribution in [-0.2, 0) is 16.4 Å². The number of aromatic amines is 1. The van der Waals surface area contributed by atoms with Gasteiger partial charge in [0, 0.05) is 16.3 Å². The number of H-pyrrole nitrogens is 1. The van der Waals surface area contributed by atoms with Gasteiger partial charge in [0.2, 0.25) is 11.7 Å². The molecule has 0 atom stereocenters. The van der Waals surface area contributed by atoms with E-state index in [4.69, 9.17) is 16.3 Å². The summed E-state index contributed by atoms with van der Waals surface area (Å²) in [5.41, 5.74) is 0.801. The van der Waals surface area contributed by atoms with Gasteiger partial charge in [-0.05, 0) is 71.1 Å². The molecule has 0 radical (unpaired) electrons. The Morgan fingerprint density at radius 2 is 1.89 bits per heavy atom. The van der Waals surface area contributed by atoms with Crippen LogP contribution in [-0.4, -0.2) is 33.6 Å². The molecule has 7 nitrogen and oxygen atoms in total. The van der Waals surface area contributed by atoms with Crippen LogP contribution in [0.5, 0.6) is 5.75 Å². The number of aromatic nitrogens is 4. The van der Waals surface area contributed by atoms with E-state index in [9.17, 15) is 18.0 Å². The average Bonchev–Trinajstić information content (AvgIpc) is 3.50. The minimum atomic E-state index is -4.61. The first-order valence-electron chi connectivity index (χ1n) is 10.9. The molecule has 0 unspecified atom stereocenters. The Balaban J connectivity index is 1.52. The van der Waals surface area contributed by atoms with Crippen molar-refractivity contribution in [2.45, 2.75) is 24.4 Å². The fraction of sp³-hybridized carbons (Fsp3) is 0.200. The zero-order chi connectivity index (χ0) is 25.5. The first kappa shape index (κ1) is 23.8. The van der Waals surface area contributed by atoms with E-state index in [1.54, 1.807) is 36.4 Å². The van der Waals surface area contributed by atoms with Crippen LogP contribution < -0.4 is 10.1 Å². The molecule has 4 aromatic rings. The summed E-state index contributed by atoms with van der Waals surface area (Å²) >= 11 is 6.12. The molecule has 2 N–H and O–H groups in total. The third kappa shape index (κ3) is 4.39. The van der Waals surface area contributed by atoms with Crippen LogP contribution in [0.3, 0.4) is 0 Å². The molecule has 1 saturated carbocycles. The molecule has 1 fully saturated rings. The molecular weight excluding hydrogens is 495 g/mol. The van der Waals surface area contributed by atoms with Crippen LogP contribution in [0.25, 0.3) is 22.5 Å². The number of benzene rings is 3. The zero-order valence-corrected chi connectivity index (χ0v) is 19.6. The molecule has 0 bridgehead atoms. The van der Waals surface area contributed by atoms with Crippen LogP contribution in [0.15, 0.2) is 60.7 Å². The Hall–Kier alpha value is -3.92. The summed E-state index contributed by atoms with van der Waals surface area (Å²) in [6.07, 6.45) is -3.25. The summed E-state index contributed by atoms with van der Waals surface area (Å²) in [4.78, 5) is 13.2. The second-order valence-electron chi connectivity index (χ2n) is 8.46. The lowest BCUT2D eigenvalue weighted by Gasteiger charge is -2.18. The smallest absolute Gasteiger partial charge is 0.419 e. The number of carbonyl (C=O) groups excluding carboxylic acids is 1. The van der Waals surface area contributed by atoms with Gasteiger partial charge < -0.3 is 10.1 Å². The van der Waals surface area contributed by atoms with Crippen molar-refractivity contribution in [2.24, 2.45) is 0 Å².